The fourth-order valence-electron chi connectivity index (χ4n) is 1.02. The Labute approximate surface area is 76.5 Å². The Balaban J connectivity index is 2.88. The Morgan fingerprint density at radius 2 is 2.46 bits per heavy atom. The van der Waals surface area contributed by atoms with Gasteiger partial charge in [-0.3, -0.25) is 4.68 Å². The van der Waals surface area contributed by atoms with Crippen LogP contribution in [0.5, 0.6) is 0 Å². The Kier molecular flexibility index (Phi) is 2.84. The molecule has 0 aliphatic rings. The molecular formula is C9H12N2O2. The normalized spacial score (nSPS) is 10.9. The summed E-state index contributed by atoms with van der Waals surface area (Å²) in [6, 6.07) is 0. The zero-order chi connectivity index (χ0) is 9.84. The third-order valence-electron chi connectivity index (χ3n) is 1.71. The van der Waals surface area contributed by atoms with E-state index in [0.717, 1.165) is 23.9 Å². The van der Waals surface area contributed by atoms with Crippen molar-refractivity contribution in [2.75, 3.05) is 0 Å². The molecule has 13 heavy (non-hydrogen) atoms. The summed E-state index contributed by atoms with van der Waals surface area (Å²) >= 11 is 0. The van der Waals surface area contributed by atoms with Gasteiger partial charge >= 0.3 is 5.97 Å². The van der Waals surface area contributed by atoms with Gasteiger partial charge in [0.25, 0.3) is 0 Å². The number of carbonyl (C=O) groups is 1. The maximum Gasteiger partial charge on any atom is 0.328 e. The molecule has 4 nitrogen and oxygen atoms in total. The number of aromatic nitrogens is 2. The standard InChI is InChI=1S/C9H12N2O2/c1-3-11-6-8(7(2)10-11)4-5-9(12)13/h4-6H,3H2,1-2H3,(H,12,13)/b5-4+. The zero-order valence-electron chi connectivity index (χ0n) is 7.69. The fraction of sp³-hybridized carbons (Fsp3) is 0.333. The first-order valence-electron chi connectivity index (χ1n) is 4.08. The highest BCUT2D eigenvalue weighted by Gasteiger charge is 2.00. The van der Waals surface area contributed by atoms with Gasteiger partial charge in [-0.15, -0.1) is 0 Å². The molecule has 0 saturated carbocycles. The lowest BCUT2D eigenvalue weighted by atomic mass is 10.2. The van der Waals surface area contributed by atoms with E-state index in [4.69, 9.17) is 5.11 Å². The lowest BCUT2D eigenvalue weighted by molar-refractivity contribution is -0.131. The lowest BCUT2D eigenvalue weighted by Gasteiger charge is -1.89. The number of nitrogens with zero attached hydrogens (tertiary/aromatic N) is 2. The van der Waals surface area contributed by atoms with Gasteiger partial charge in [0, 0.05) is 24.4 Å². The molecule has 1 N–H and O–H groups in total. The van der Waals surface area contributed by atoms with Gasteiger partial charge in [0.1, 0.15) is 0 Å². The van der Waals surface area contributed by atoms with Crippen LogP contribution in [-0.2, 0) is 11.3 Å². The molecule has 70 valence electrons. The van der Waals surface area contributed by atoms with Gasteiger partial charge in [-0.1, -0.05) is 0 Å². The highest BCUT2D eigenvalue weighted by atomic mass is 16.4. The van der Waals surface area contributed by atoms with E-state index in [-0.39, 0.29) is 0 Å². The summed E-state index contributed by atoms with van der Waals surface area (Å²) in [6.07, 6.45) is 4.50. The summed E-state index contributed by atoms with van der Waals surface area (Å²) < 4.78 is 1.77. The molecule has 0 fully saturated rings. The average molecular weight is 180 g/mol. The molecule has 0 radical (unpaired) electrons. The molecule has 4 heteroatoms. The lowest BCUT2D eigenvalue weighted by Crippen LogP contribution is -1.93. The zero-order valence-corrected chi connectivity index (χ0v) is 7.69. The van der Waals surface area contributed by atoms with Crippen molar-refractivity contribution in [3.05, 3.63) is 23.5 Å². The van der Waals surface area contributed by atoms with Crippen molar-refractivity contribution >= 4 is 12.0 Å². The second-order valence-electron chi connectivity index (χ2n) is 2.70. The number of aliphatic carboxylic acids is 1. The molecular weight excluding hydrogens is 168 g/mol. The average Bonchev–Trinajstić information content (AvgIpc) is 2.43. The molecule has 0 aliphatic heterocycles. The van der Waals surface area contributed by atoms with Crippen LogP contribution in [-0.4, -0.2) is 20.9 Å². The molecule has 1 heterocycles. The van der Waals surface area contributed by atoms with Crippen molar-refractivity contribution in [2.24, 2.45) is 0 Å². The van der Waals surface area contributed by atoms with Crippen molar-refractivity contribution in [1.82, 2.24) is 9.78 Å². The van der Waals surface area contributed by atoms with Crippen molar-refractivity contribution in [3.8, 4) is 0 Å². The van der Waals surface area contributed by atoms with Crippen molar-refractivity contribution in [3.63, 3.8) is 0 Å². The molecule has 1 aromatic rings. The fourth-order valence-corrected chi connectivity index (χ4v) is 1.02. The number of aryl methyl sites for hydroxylation is 2. The predicted molar refractivity (Wildman–Crippen MR) is 49.3 cm³/mol. The molecule has 0 bridgehead atoms. The van der Waals surface area contributed by atoms with Crippen LogP contribution < -0.4 is 0 Å². The van der Waals surface area contributed by atoms with Gasteiger partial charge in [0.2, 0.25) is 0 Å². The maximum atomic E-state index is 10.2. The highest BCUT2D eigenvalue weighted by molar-refractivity contribution is 5.85. The van der Waals surface area contributed by atoms with E-state index in [1.807, 2.05) is 20.0 Å². The van der Waals surface area contributed by atoms with Crippen molar-refractivity contribution in [1.29, 1.82) is 0 Å². The van der Waals surface area contributed by atoms with E-state index < -0.39 is 5.97 Å². The molecule has 0 aliphatic carbocycles. The van der Waals surface area contributed by atoms with Gasteiger partial charge < -0.3 is 5.11 Å². The molecule has 0 saturated heterocycles. The summed E-state index contributed by atoms with van der Waals surface area (Å²) in [7, 11) is 0. The van der Waals surface area contributed by atoms with E-state index in [2.05, 4.69) is 5.10 Å². The third kappa shape index (κ3) is 2.43. The van der Waals surface area contributed by atoms with Crippen LogP contribution in [0.3, 0.4) is 0 Å². The summed E-state index contributed by atoms with van der Waals surface area (Å²) in [4.78, 5) is 10.2. The first-order chi connectivity index (χ1) is 6.13. The minimum atomic E-state index is -0.941. The quantitative estimate of drug-likeness (QED) is 0.713. The van der Waals surface area contributed by atoms with Gasteiger partial charge in [-0.05, 0) is 19.9 Å². The minimum absolute atomic E-state index is 0.793. The van der Waals surface area contributed by atoms with Crippen molar-refractivity contribution < 1.29 is 9.90 Å². The van der Waals surface area contributed by atoms with E-state index in [9.17, 15) is 4.79 Å². The van der Waals surface area contributed by atoms with Gasteiger partial charge in [0.15, 0.2) is 0 Å². The molecule has 0 amide bonds. The highest BCUT2D eigenvalue weighted by Crippen LogP contribution is 2.07. The summed E-state index contributed by atoms with van der Waals surface area (Å²) in [5.74, 6) is -0.941. The third-order valence-corrected chi connectivity index (χ3v) is 1.71. The Morgan fingerprint density at radius 3 is 2.92 bits per heavy atom. The van der Waals surface area contributed by atoms with E-state index in [1.54, 1.807) is 10.8 Å². The van der Waals surface area contributed by atoms with Gasteiger partial charge in [-0.25, -0.2) is 4.79 Å². The number of carboxylic acid groups (broad SMARTS) is 1. The number of rotatable bonds is 3. The smallest absolute Gasteiger partial charge is 0.328 e. The van der Waals surface area contributed by atoms with Gasteiger partial charge in [0.05, 0.1) is 5.69 Å². The largest absolute Gasteiger partial charge is 0.478 e. The maximum absolute atomic E-state index is 10.2. The molecule has 1 aromatic heterocycles. The summed E-state index contributed by atoms with van der Waals surface area (Å²) in [6.45, 7) is 4.63. The van der Waals surface area contributed by atoms with Crippen LogP contribution in [0, 0.1) is 6.92 Å². The molecule has 1 rings (SSSR count). The number of carboxylic acids is 1. The SMILES string of the molecule is CCn1cc(/C=C/C(=O)O)c(C)n1. The Morgan fingerprint density at radius 1 is 1.77 bits per heavy atom. The molecule has 0 spiro atoms. The van der Waals surface area contributed by atoms with Crippen molar-refractivity contribution in [2.45, 2.75) is 20.4 Å². The summed E-state index contributed by atoms with van der Waals surface area (Å²) in [5.41, 5.74) is 1.70. The van der Waals surface area contributed by atoms with Gasteiger partial charge in [-0.2, -0.15) is 5.10 Å². The topological polar surface area (TPSA) is 55.1 Å². The molecule has 0 unspecified atom stereocenters. The van der Waals surface area contributed by atoms with Crippen LogP contribution in [0.4, 0.5) is 0 Å². The van der Waals surface area contributed by atoms with Crippen LogP contribution in [0.25, 0.3) is 6.08 Å². The minimum Gasteiger partial charge on any atom is -0.478 e. The first-order valence-corrected chi connectivity index (χ1v) is 4.08. The predicted octanol–water partition coefficient (Wildman–Crippen LogP) is 1.31. The Bertz CT molecular complexity index is 339. The van der Waals surface area contributed by atoms with Crippen LogP contribution in [0.1, 0.15) is 18.2 Å². The first kappa shape index (κ1) is 9.51. The number of hydrogen-bond donors (Lipinski definition) is 1. The van der Waals surface area contributed by atoms with Crippen LogP contribution in [0.15, 0.2) is 12.3 Å². The number of hydrogen-bond acceptors (Lipinski definition) is 2. The molecule has 0 atom stereocenters. The Hall–Kier alpha value is -1.58. The second kappa shape index (κ2) is 3.89. The molecule has 0 aromatic carbocycles. The monoisotopic (exact) mass is 180 g/mol. The van der Waals surface area contributed by atoms with E-state index in [1.165, 1.54) is 0 Å². The van der Waals surface area contributed by atoms with Crippen LogP contribution >= 0.6 is 0 Å². The van der Waals surface area contributed by atoms with E-state index >= 15 is 0 Å². The van der Waals surface area contributed by atoms with E-state index in [0.29, 0.717) is 0 Å². The second-order valence-corrected chi connectivity index (χ2v) is 2.70. The summed E-state index contributed by atoms with van der Waals surface area (Å²) in [5, 5.41) is 12.6. The van der Waals surface area contributed by atoms with Crippen LogP contribution in [0.2, 0.25) is 0 Å².